The average Bonchev–Trinajstić information content (AvgIpc) is 2.45. The summed E-state index contributed by atoms with van der Waals surface area (Å²) in [6, 6.07) is 7.71. The highest BCUT2D eigenvalue weighted by molar-refractivity contribution is 6.04. The fourth-order valence-electron chi connectivity index (χ4n) is 2.50. The summed E-state index contributed by atoms with van der Waals surface area (Å²) in [5.41, 5.74) is 1.92. The molecule has 0 radical (unpaired) electrons. The van der Waals surface area contributed by atoms with E-state index in [4.69, 9.17) is 0 Å². The highest BCUT2D eigenvalue weighted by Crippen LogP contribution is 2.30. The van der Waals surface area contributed by atoms with Gasteiger partial charge < -0.3 is 10.0 Å². The fourth-order valence-corrected chi connectivity index (χ4v) is 2.50. The van der Waals surface area contributed by atoms with Crippen LogP contribution in [0, 0.1) is 0 Å². The predicted molar refractivity (Wildman–Crippen MR) is 81.5 cm³/mol. The van der Waals surface area contributed by atoms with Crippen LogP contribution in [0.15, 0.2) is 30.5 Å². The Labute approximate surface area is 119 Å². The second-order valence-corrected chi connectivity index (χ2v) is 4.83. The molecule has 0 aliphatic rings. The maximum absolute atomic E-state index is 11.5. The normalized spacial score (nSPS) is 10.7. The summed E-state index contributed by atoms with van der Waals surface area (Å²) in [7, 11) is 0. The molecule has 2 rings (SSSR count). The minimum absolute atomic E-state index is 0.283. The van der Waals surface area contributed by atoms with Crippen molar-refractivity contribution in [3.63, 3.8) is 0 Å². The number of aromatic nitrogens is 1. The zero-order chi connectivity index (χ0) is 14.5. The van der Waals surface area contributed by atoms with E-state index in [-0.39, 0.29) is 5.56 Å². The molecule has 1 aromatic carbocycles. The van der Waals surface area contributed by atoms with Crippen molar-refractivity contribution in [2.45, 2.75) is 26.7 Å². The number of carboxylic acid groups (broad SMARTS) is 1. The summed E-state index contributed by atoms with van der Waals surface area (Å²) >= 11 is 0. The van der Waals surface area contributed by atoms with E-state index in [1.54, 1.807) is 0 Å². The van der Waals surface area contributed by atoms with Crippen molar-refractivity contribution in [3.8, 4) is 0 Å². The van der Waals surface area contributed by atoms with E-state index in [1.165, 1.54) is 6.20 Å². The largest absolute Gasteiger partial charge is 0.478 e. The van der Waals surface area contributed by atoms with Gasteiger partial charge in [0.25, 0.3) is 0 Å². The van der Waals surface area contributed by atoms with Crippen LogP contribution in [0.1, 0.15) is 37.0 Å². The topological polar surface area (TPSA) is 53.4 Å². The number of carbonyl (C=O) groups is 1. The number of aromatic carboxylic acids is 1. The first-order valence-corrected chi connectivity index (χ1v) is 7.05. The van der Waals surface area contributed by atoms with Crippen molar-refractivity contribution >= 4 is 22.6 Å². The van der Waals surface area contributed by atoms with Crippen LogP contribution in [0.4, 0.5) is 5.69 Å². The second-order valence-electron chi connectivity index (χ2n) is 4.83. The molecule has 2 aromatic rings. The molecule has 0 amide bonds. The van der Waals surface area contributed by atoms with Crippen molar-refractivity contribution in [2.24, 2.45) is 0 Å². The monoisotopic (exact) mass is 272 g/mol. The smallest absolute Gasteiger partial charge is 0.339 e. The Bertz CT molecular complexity index is 604. The number of carboxylic acids is 1. The van der Waals surface area contributed by atoms with Crippen molar-refractivity contribution < 1.29 is 9.90 Å². The molecular formula is C16H20N2O2. The Morgan fingerprint density at radius 3 is 2.45 bits per heavy atom. The molecule has 0 aliphatic heterocycles. The number of hydrogen-bond acceptors (Lipinski definition) is 3. The molecule has 0 fully saturated rings. The number of fused-ring (bicyclic) bond motifs is 1. The predicted octanol–water partition coefficient (Wildman–Crippen LogP) is 3.56. The maximum atomic E-state index is 11.5. The van der Waals surface area contributed by atoms with Gasteiger partial charge in [-0.3, -0.25) is 4.98 Å². The number of para-hydroxylation sites is 1. The standard InChI is InChI=1S/C16H20N2O2/c1-3-9-18(10-4-2)15-12-7-5-6-8-14(12)17-11-13(15)16(19)20/h5-8,11H,3-4,9-10H2,1-2H3,(H,19,20). The van der Waals surface area contributed by atoms with Crippen LogP contribution >= 0.6 is 0 Å². The van der Waals surface area contributed by atoms with Crippen LogP contribution in [0.2, 0.25) is 0 Å². The lowest BCUT2D eigenvalue weighted by atomic mass is 10.1. The Hall–Kier alpha value is -2.10. The number of pyridine rings is 1. The molecule has 4 heteroatoms. The van der Waals surface area contributed by atoms with E-state index >= 15 is 0 Å². The molecule has 106 valence electrons. The first kappa shape index (κ1) is 14.3. The van der Waals surface area contributed by atoms with Crippen LogP contribution in [-0.4, -0.2) is 29.1 Å². The molecule has 0 saturated carbocycles. The molecule has 20 heavy (non-hydrogen) atoms. The number of hydrogen-bond donors (Lipinski definition) is 1. The first-order chi connectivity index (χ1) is 9.69. The van der Waals surface area contributed by atoms with Crippen molar-refractivity contribution in [3.05, 3.63) is 36.0 Å². The molecule has 1 N–H and O–H groups in total. The lowest BCUT2D eigenvalue weighted by molar-refractivity contribution is 0.0697. The molecule has 0 bridgehead atoms. The van der Waals surface area contributed by atoms with Gasteiger partial charge in [0.1, 0.15) is 5.56 Å². The summed E-state index contributed by atoms with van der Waals surface area (Å²) < 4.78 is 0. The zero-order valence-corrected chi connectivity index (χ0v) is 12.0. The summed E-state index contributed by atoms with van der Waals surface area (Å²) in [6.45, 7) is 5.91. The summed E-state index contributed by atoms with van der Waals surface area (Å²) in [6.07, 6.45) is 3.43. The number of anilines is 1. The van der Waals surface area contributed by atoms with Gasteiger partial charge in [0.2, 0.25) is 0 Å². The van der Waals surface area contributed by atoms with E-state index in [9.17, 15) is 9.90 Å². The maximum Gasteiger partial charge on any atom is 0.339 e. The Morgan fingerprint density at radius 1 is 1.20 bits per heavy atom. The van der Waals surface area contributed by atoms with Crippen LogP contribution in [0.3, 0.4) is 0 Å². The summed E-state index contributed by atoms with van der Waals surface area (Å²) in [5.74, 6) is -0.921. The van der Waals surface area contributed by atoms with Crippen LogP contribution in [-0.2, 0) is 0 Å². The van der Waals surface area contributed by atoms with E-state index in [0.717, 1.165) is 42.5 Å². The number of rotatable bonds is 6. The third kappa shape index (κ3) is 2.74. The van der Waals surface area contributed by atoms with E-state index in [2.05, 4.69) is 23.7 Å². The lowest BCUT2D eigenvalue weighted by Gasteiger charge is -2.26. The lowest BCUT2D eigenvalue weighted by Crippen LogP contribution is -2.27. The molecule has 0 atom stereocenters. The molecule has 1 aromatic heterocycles. The first-order valence-electron chi connectivity index (χ1n) is 7.05. The highest BCUT2D eigenvalue weighted by Gasteiger charge is 2.19. The Kier molecular flexibility index (Phi) is 4.56. The van der Waals surface area contributed by atoms with Crippen molar-refractivity contribution in [1.29, 1.82) is 0 Å². The van der Waals surface area contributed by atoms with Gasteiger partial charge in [0, 0.05) is 24.7 Å². The van der Waals surface area contributed by atoms with E-state index < -0.39 is 5.97 Å². The second kappa shape index (κ2) is 6.37. The number of benzene rings is 1. The highest BCUT2D eigenvalue weighted by atomic mass is 16.4. The minimum Gasteiger partial charge on any atom is -0.478 e. The van der Waals surface area contributed by atoms with Crippen LogP contribution < -0.4 is 4.90 Å². The van der Waals surface area contributed by atoms with Gasteiger partial charge in [0.05, 0.1) is 11.2 Å². The summed E-state index contributed by atoms with van der Waals surface area (Å²) in [5, 5.41) is 10.4. The van der Waals surface area contributed by atoms with Gasteiger partial charge in [-0.15, -0.1) is 0 Å². The third-order valence-corrected chi connectivity index (χ3v) is 3.28. The van der Waals surface area contributed by atoms with Gasteiger partial charge in [-0.05, 0) is 18.9 Å². The van der Waals surface area contributed by atoms with Gasteiger partial charge in [-0.25, -0.2) is 4.79 Å². The van der Waals surface area contributed by atoms with Gasteiger partial charge >= 0.3 is 5.97 Å². The molecule has 0 saturated heterocycles. The molecular weight excluding hydrogens is 252 g/mol. The quantitative estimate of drug-likeness (QED) is 0.873. The van der Waals surface area contributed by atoms with Crippen molar-refractivity contribution in [2.75, 3.05) is 18.0 Å². The van der Waals surface area contributed by atoms with E-state index in [0.29, 0.717) is 0 Å². The van der Waals surface area contributed by atoms with Gasteiger partial charge in [-0.1, -0.05) is 32.0 Å². The molecule has 1 heterocycles. The van der Waals surface area contributed by atoms with Gasteiger partial charge in [0.15, 0.2) is 0 Å². The third-order valence-electron chi connectivity index (χ3n) is 3.28. The van der Waals surface area contributed by atoms with E-state index in [1.807, 2.05) is 24.3 Å². The van der Waals surface area contributed by atoms with Crippen LogP contribution in [0.25, 0.3) is 10.9 Å². The van der Waals surface area contributed by atoms with Gasteiger partial charge in [-0.2, -0.15) is 0 Å². The Morgan fingerprint density at radius 2 is 1.85 bits per heavy atom. The zero-order valence-electron chi connectivity index (χ0n) is 12.0. The fraction of sp³-hybridized carbons (Fsp3) is 0.375. The average molecular weight is 272 g/mol. The summed E-state index contributed by atoms with van der Waals surface area (Å²) in [4.78, 5) is 17.9. The molecule has 0 aliphatic carbocycles. The molecule has 0 unspecified atom stereocenters. The SMILES string of the molecule is CCCN(CCC)c1c(C(=O)O)cnc2ccccc12. The minimum atomic E-state index is -0.921. The Balaban J connectivity index is 2.67. The number of nitrogens with zero attached hydrogens (tertiary/aromatic N) is 2. The van der Waals surface area contributed by atoms with Crippen LogP contribution in [0.5, 0.6) is 0 Å². The molecule has 0 spiro atoms. The molecule has 4 nitrogen and oxygen atoms in total. The van der Waals surface area contributed by atoms with Crippen molar-refractivity contribution in [1.82, 2.24) is 4.98 Å².